The van der Waals surface area contributed by atoms with Crippen LogP contribution in [-0.2, 0) is 17.8 Å². The molecule has 0 heterocycles. The molecule has 0 atom stereocenters. The maximum atomic E-state index is 11.9. The molecule has 0 saturated heterocycles. The lowest BCUT2D eigenvalue weighted by Gasteiger charge is -2.38. The molecule has 0 unspecified atom stereocenters. The van der Waals surface area contributed by atoms with Crippen LogP contribution in [0.15, 0.2) is 24.3 Å². The van der Waals surface area contributed by atoms with Gasteiger partial charge < -0.3 is 17.7 Å². The molecule has 0 amide bonds. The van der Waals surface area contributed by atoms with E-state index in [4.69, 9.17) is 17.7 Å². The molecule has 0 radical (unpaired) electrons. The van der Waals surface area contributed by atoms with E-state index in [9.17, 15) is 9.59 Å². The molecule has 0 aromatic heterocycles. The number of benzene rings is 1. The molecule has 9 heteroatoms. The number of rotatable bonds is 10. The highest BCUT2D eigenvalue weighted by Gasteiger charge is 2.41. The van der Waals surface area contributed by atoms with Gasteiger partial charge in [0, 0.05) is 5.56 Å². The van der Waals surface area contributed by atoms with E-state index < -0.39 is 36.9 Å². The Kier molecular flexibility index (Phi) is 8.17. The molecule has 0 aliphatic heterocycles. The average molecular weight is 429 g/mol. The summed E-state index contributed by atoms with van der Waals surface area (Å²) in [6.07, 6.45) is 0.368. The van der Waals surface area contributed by atoms with E-state index in [1.54, 1.807) is 31.2 Å². The summed E-state index contributed by atoms with van der Waals surface area (Å²) in [7, 11) is -6.09. The highest BCUT2D eigenvalue weighted by atomic mass is 28.5. The van der Waals surface area contributed by atoms with Crippen molar-refractivity contribution in [3.63, 3.8) is 0 Å². The zero-order valence-corrected chi connectivity index (χ0v) is 20.7. The molecule has 0 N–H and O–H groups in total. The molecule has 0 saturated carbocycles. The van der Waals surface area contributed by atoms with Crippen LogP contribution in [0.1, 0.15) is 17.3 Å². The lowest BCUT2D eigenvalue weighted by molar-refractivity contribution is -0.137. The summed E-state index contributed by atoms with van der Waals surface area (Å²) in [5, 5.41) is 0. The van der Waals surface area contributed by atoms with Crippen molar-refractivity contribution >= 4 is 36.9 Å². The van der Waals surface area contributed by atoms with Gasteiger partial charge in [0.05, 0.1) is 6.61 Å². The van der Waals surface area contributed by atoms with E-state index in [1.165, 1.54) is 0 Å². The second kappa shape index (κ2) is 9.28. The number of ketones is 1. The quantitative estimate of drug-likeness (QED) is 0.241. The molecule has 6 nitrogen and oxygen atoms in total. The van der Waals surface area contributed by atoms with Gasteiger partial charge in [-0.1, -0.05) is 0 Å². The maximum Gasteiger partial charge on any atom is 0.379 e. The van der Waals surface area contributed by atoms with Crippen molar-refractivity contribution in [2.24, 2.45) is 0 Å². The van der Waals surface area contributed by atoms with Crippen molar-refractivity contribution in [3.8, 4) is 5.75 Å². The Balaban J connectivity index is 2.83. The van der Waals surface area contributed by atoms with Gasteiger partial charge in [-0.3, -0.25) is 4.79 Å². The highest BCUT2D eigenvalue weighted by Crippen LogP contribution is 2.22. The van der Waals surface area contributed by atoms with Gasteiger partial charge in [-0.15, -0.1) is 0 Å². The third-order valence-electron chi connectivity index (χ3n) is 3.12. The van der Waals surface area contributed by atoms with Crippen LogP contribution in [0.25, 0.3) is 0 Å². The number of hydrogen-bond donors (Lipinski definition) is 0. The topological polar surface area (TPSA) is 71.1 Å². The Morgan fingerprint density at radius 1 is 0.852 bits per heavy atom. The number of carbonyl (C=O) groups excluding carboxylic acids is 2. The monoisotopic (exact) mass is 428 g/mol. The van der Waals surface area contributed by atoms with Crippen molar-refractivity contribution < 1.29 is 27.3 Å². The highest BCUT2D eigenvalue weighted by molar-refractivity contribution is 6.87. The number of ether oxygens (including phenoxy) is 2. The largest absolute Gasteiger partial charge is 0.492 e. The number of carbonyl (C=O) groups is 2. The van der Waals surface area contributed by atoms with Crippen molar-refractivity contribution in [1.82, 2.24) is 0 Å². The molecular formula is C18H32O6Si3. The lowest BCUT2D eigenvalue weighted by atomic mass is 10.1. The third kappa shape index (κ3) is 8.98. The van der Waals surface area contributed by atoms with Gasteiger partial charge in [0.2, 0.25) is 0 Å². The Hall–Kier alpha value is -1.27. The fourth-order valence-electron chi connectivity index (χ4n) is 2.61. The smallest absolute Gasteiger partial charge is 0.379 e. The minimum Gasteiger partial charge on any atom is -0.492 e. The van der Waals surface area contributed by atoms with Gasteiger partial charge >= 0.3 is 14.5 Å². The summed E-state index contributed by atoms with van der Waals surface area (Å²) in [5.74, 6) is -0.905. The van der Waals surface area contributed by atoms with Gasteiger partial charge in [-0.2, -0.15) is 0 Å². The number of hydrogen-bond acceptors (Lipinski definition) is 6. The van der Waals surface area contributed by atoms with E-state index in [1.807, 2.05) is 6.55 Å². The first-order valence-electron chi connectivity index (χ1n) is 9.09. The standard InChI is InChI=1S/C18H32O6Si3/c1-9-21-18(20)17(19)15-10-12-16(13-11-15)22-14-27(8,23-25(2,3)4)24-26(5,6)7/h10-13H,9,14H2,1-8H3. The summed E-state index contributed by atoms with van der Waals surface area (Å²) in [6.45, 7) is 16.7. The number of Topliss-reactive ketones (excluding diaryl/α,β-unsaturated/α-hetero) is 1. The Morgan fingerprint density at radius 2 is 1.33 bits per heavy atom. The van der Waals surface area contributed by atoms with E-state index >= 15 is 0 Å². The minimum absolute atomic E-state index is 0.170. The van der Waals surface area contributed by atoms with Crippen molar-refractivity contribution in [1.29, 1.82) is 0 Å². The van der Waals surface area contributed by atoms with E-state index in [2.05, 4.69) is 39.3 Å². The van der Waals surface area contributed by atoms with Crippen molar-refractivity contribution in [3.05, 3.63) is 29.8 Å². The Labute approximate surface area is 165 Å². The van der Waals surface area contributed by atoms with Crippen LogP contribution >= 0.6 is 0 Å². The van der Waals surface area contributed by atoms with Crippen molar-refractivity contribution in [2.75, 3.05) is 12.8 Å². The zero-order chi connectivity index (χ0) is 20.9. The minimum atomic E-state index is -2.51. The van der Waals surface area contributed by atoms with E-state index in [-0.39, 0.29) is 12.2 Å². The van der Waals surface area contributed by atoms with Gasteiger partial charge in [0.15, 0.2) is 16.6 Å². The zero-order valence-electron chi connectivity index (χ0n) is 17.7. The van der Waals surface area contributed by atoms with Crippen molar-refractivity contribution in [2.45, 2.75) is 52.8 Å². The fraction of sp³-hybridized carbons (Fsp3) is 0.556. The first-order valence-corrected chi connectivity index (χ1v) is 18.4. The molecule has 0 aliphatic rings. The molecule has 0 fully saturated rings. The maximum absolute atomic E-state index is 11.9. The number of esters is 1. The van der Waals surface area contributed by atoms with Gasteiger partial charge in [-0.25, -0.2) is 4.79 Å². The predicted molar refractivity (Wildman–Crippen MR) is 113 cm³/mol. The molecule has 0 bridgehead atoms. The van der Waals surface area contributed by atoms with Crippen LogP contribution in [-0.4, -0.2) is 49.8 Å². The van der Waals surface area contributed by atoms with E-state index in [0.29, 0.717) is 12.0 Å². The van der Waals surface area contributed by atoms with Gasteiger partial charge in [-0.05, 0) is 77.0 Å². The molecule has 1 aromatic carbocycles. The first-order chi connectivity index (χ1) is 12.2. The van der Waals surface area contributed by atoms with Gasteiger partial charge in [0.25, 0.3) is 5.78 Å². The molecule has 0 aliphatic carbocycles. The summed E-state index contributed by atoms with van der Waals surface area (Å²) in [5.41, 5.74) is 0.275. The SMILES string of the molecule is CCOC(=O)C(=O)c1ccc(OC[Si](C)(O[Si](C)(C)C)O[Si](C)(C)C)cc1. The molecule has 152 valence electrons. The predicted octanol–water partition coefficient (Wildman–Crippen LogP) is 4.13. The second-order valence-corrected chi connectivity index (χ2v) is 21.1. The molecule has 27 heavy (non-hydrogen) atoms. The normalized spacial score (nSPS) is 12.6. The van der Waals surface area contributed by atoms with Crippen LogP contribution in [0, 0.1) is 0 Å². The van der Waals surface area contributed by atoms with E-state index in [0.717, 1.165) is 0 Å². The van der Waals surface area contributed by atoms with Gasteiger partial charge in [0.1, 0.15) is 12.0 Å². The summed E-state index contributed by atoms with van der Waals surface area (Å²) >= 11 is 0. The third-order valence-corrected chi connectivity index (χ3v) is 12.1. The molecular weight excluding hydrogens is 396 g/mol. The van der Waals surface area contributed by atoms with Crippen LogP contribution in [0.3, 0.4) is 0 Å². The van der Waals surface area contributed by atoms with Crippen LogP contribution < -0.4 is 4.74 Å². The summed E-state index contributed by atoms with van der Waals surface area (Å²) in [4.78, 5) is 23.5. The Morgan fingerprint density at radius 3 is 1.74 bits per heavy atom. The summed E-state index contributed by atoms with van der Waals surface area (Å²) < 4.78 is 23.5. The van der Waals surface area contributed by atoms with Crippen LogP contribution in [0.4, 0.5) is 0 Å². The van der Waals surface area contributed by atoms with Crippen LogP contribution in [0.5, 0.6) is 5.75 Å². The summed E-state index contributed by atoms with van der Waals surface area (Å²) in [6, 6.07) is 6.47. The average Bonchev–Trinajstić information content (AvgIpc) is 2.49. The Bertz CT molecular complexity index is 631. The molecule has 0 spiro atoms. The van der Waals surface area contributed by atoms with Crippen LogP contribution in [0.2, 0.25) is 45.8 Å². The fourth-order valence-corrected chi connectivity index (χ4v) is 14.4. The molecule has 1 aromatic rings. The molecule has 1 rings (SSSR count). The first kappa shape index (κ1) is 23.8. The lowest BCUT2D eigenvalue weighted by Crippen LogP contribution is -2.56. The second-order valence-electron chi connectivity index (χ2n) is 8.43.